The standard InChI is InChI=1S/C88H136N16O35/c105-69(21-19-66(86(128)129)97-71(107)22-24-77(114)115)90-27-39-133-42-45-136-56-73(109)91-28-40-134-43-46-138-58-75(111)95-51-81(122)139-38-7-12-70(106)96-64(10-3-5-25-89-72(108)52-101-30-32-102(53-78(116)117)34-36-104(55-80(120)121)37-35-103(33-31-101)54-79(118)119)83(124)93-29-41-135-44-47-137-57-74(110)94-50-59-13-17-62(18-14-59)82(123)98-68(49-60-15-16-61-8-1-2-9-63(61)48-60)84(125)92-26-6-4-11-65(85(126)127)99-88(132)100-67(87(130)131)20-23-76(112)113/h1-2,8-9,15-16,48,59,62,64-68H,3-7,10-14,17-47,49-58H2,(H,89,108)(H,90,105)(H,91,109)(H,92,125)(H,93,124)(H,94,110)(H,95,111)(H,96,106)(H,97,107)(H,98,123)(H,112,113)(H,114,115)(H,116,117)(H,118,119)(H,120,121)(H,126,127)(H,128,129)(H,130,131)(H2,99,100,132)/t59?,62?,64-,65+,66+,67+,68+/m1/s1. The van der Waals surface area contributed by atoms with E-state index in [0.717, 1.165) is 16.3 Å². The summed E-state index contributed by atoms with van der Waals surface area (Å²) in [6.07, 6.45) is 0.815. The quantitative estimate of drug-likeness (QED) is 0.0219. The van der Waals surface area contributed by atoms with Crippen molar-refractivity contribution in [1.82, 2.24) is 83.4 Å². The van der Waals surface area contributed by atoms with Crippen molar-refractivity contribution in [2.45, 2.75) is 152 Å². The molecule has 139 heavy (non-hydrogen) atoms. The number of carbonyl (C=O) groups is 20. The van der Waals surface area contributed by atoms with Crippen LogP contribution in [0.1, 0.15) is 121 Å². The minimum absolute atomic E-state index is 0.00171. The number of amides is 12. The molecule has 1 saturated carbocycles. The van der Waals surface area contributed by atoms with Gasteiger partial charge in [-0.25, -0.2) is 19.2 Å². The van der Waals surface area contributed by atoms with Crippen LogP contribution in [0.5, 0.6) is 0 Å². The molecule has 12 amide bonds. The largest absolute Gasteiger partial charge is 0.481 e. The second-order valence-corrected chi connectivity index (χ2v) is 32.8. The van der Waals surface area contributed by atoms with E-state index in [1.807, 2.05) is 42.5 Å². The fourth-order valence-corrected chi connectivity index (χ4v) is 14.2. The minimum atomic E-state index is -1.58. The van der Waals surface area contributed by atoms with E-state index in [2.05, 4.69) is 63.8 Å². The number of hydrogen-bond donors (Lipinski definition) is 20. The van der Waals surface area contributed by atoms with Gasteiger partial charge in [0.25, 0.3) is 0 Å². The summed E-state index contributed by atoms with van der Waals surface area (Å²) >= 11 is 0. The molecule has 0 spiro atoms. The normalized spacial score (nSPS) is 15.5. The number of urea groups is 1. The molecule has 0 radical (unpaired) electrons. The summed E-state index contributed by atoms with van der Waals surface area (Å²) in [4.78, 5) is 253. The highest BCUT2D eigenvalue weighted by Gasteiger charge is 2.33. The van der Waals surface area contributed by atoms with Gasteiger partial charge in [-0.3, -0.25) is 96.3 Å². The van der Waals surface area contributed by atoms with Crippen LogP contribution in [0.3, 0.4) is 0 Å². The fourth-order valence-electron chi connectivity index (χ4n) is 14.2. The van der Waals surface area contributed by atoms with Gasteiger partial charge in [0.15, 0.2) is 0 Å². The maximum atomic E-state index is 13.9. The Balaban J connectivity index is 1.17. The van der Waals surface area contributed by atoms with Gasteiger partial charge in [0, 0.05) is 130 Å². The van der Waals surface area contributed by atoms with Gasteiger partial charge in [-0.1, -0.05) is 42.5 Å². The molecule has 1 aliphatic carbocycles. The van der Waals surface area contributed by atoms with Crippen molar-refractivity contribution in [2.75, 3.05) is 210 Å². The zero-order valence-electron chi connectivity index (χ0n) is 78.0. The summed E-state index contributed by atoms with van der Waals surface area (Å²) in [7, 11) is 0. The molecule has 778 valence electrons. The number of carboxylic acids is 8. The van der Waals surface area contributed by atoms with E-state index < -0.39 is 188 Å². The van der Waals surface area contributed by atoms with Gasteiger partial charge in [0.1, 0.15) is 56.6 Å². The third-order valence-corrected chi connectivity index (χ3v) is 21.6. The SMILES string of the molecule is O=C(O)CCC(=O)N[C@@H](CCC(=O)NCCOCCOCC(=O)NCCOCCOCC(=O)NCC(=O)OCCCC(=O)N[C@H](CCCCNC(=O)CN1CCN(CC(=O)O)CCN(CC(=O)O)CCN(CC(=O)O)CC1)C(=O)NCCOCCOCC(=O)NCC1CCC(C(=O)N[C@@H](Cc2ccc3ccccc3c2)C(=O)NCCCC[C@H](NC(=O)N[C@@H](CCC(=O)O)C(=O)O)C(=O)O)CC1)C(=O)O. The highest BCUT2D eigenvalue weighted by atomic mass is 16.5. The van der Waals surface area contributed by atoms with Crippen molar-refractivity contribution in [3.63, 3.8) is 0 Å². The minimum Gasteiger partial charge on any atom is -0.481 e. The number of ether oxygens (including phenoxy) is 7. The summed E-state index contributed by atoms with van der Waals surface area (Å²) < 4.78 is 37.6. The van der Waals surface area contributed by atoms with Crippen LogP contribution in [0, 0.1) is 11.8 Å². The second kappa shape index (κ2) is 70.2. The van der Waals surface area contributed by atoms with Crippen molar-refractivity contribution in [3.05, 3.63) is 48.0 Å². The van der Waals surface area contributed by atoms with Gasteiger partial charge >= 0.3 is 59.8 Å². The lowest BCUT2D eigenvalue weighted by molar-refractivity contribution is -0.145. The summed E-state index contributed by atoms with van der Waals surface area (Å²) in [5.74, 6) is -16.5. The Morgan fingerprint density at radius 1 is 0.331 bits per heavy atom. The first-order valence-corrected chi connectivity index (χ1v) is 46.1. The van der Waals surface area contributed by atoms with E-state index in [-0.39, 0.29) is 260 Å². The molecule has 2 aromatic rings. The van der Waals surface area contributed by atoms with Crippen LogP contribution >= 0.6 is 0 Å². The zero-order chi connectivity index (χ0) is 102. The summed E-state index contributed by atoms with van der Waals surface area (Å²) in [6, 6.07) is 5.72. The first-order valence-electron chi connectivity index (χ1n) is 46.1. The van der Waals surface area contributed by atoms with Crippen molar-refractivity contribution >= 4 is 130 Å². The Bertz CT molecular complexity index is 4230. The first kappa shape index (κ1) is 119. The molecular formula is C88H136N16O35. The second-order valence-electron chi connectivity index (χ2n) is 32.8. The van der Waals surface area contributed by atoms with E-state index in [4.69, 9.17) is 43.4 Å². The van der Waals surface area contributed by atoms with Crippen molar-refractivity contribution in [1.29, 1.82) is 0 Å². The van der Waals surface area contributed by atoms with Gasteiger partial charge in [-0.2, -0.15) is 0 Å². The van der Waals surface area contributed by atoms with E-state index in [0.29, 0.717) is 45.1 Å². The van der Waals surface area contributed by atoms with Gasteiger partial charge in [-0.15, -0.1) is 0 Å². The first-order chi connectivity index (χ1) is 66.5. The molecule has 5 atom stereocenters. The Labute approximate surface area is 802 Å². The summed E-state index contributed by atoms with van der Waals surface area (Å²) in [6.45, 7) is -0.397. The molecule has 0 aromatic heterocycles. The summed E-state index contributed by atoms with van der Waals surface area (Å²) in [5.41, 5.74) is 0.775. The molecular weight excluding hydrogens is 1840 g/mol. The predicted octanol–water partition coefficient (Wildman–Crippen LogP) is -4.50. The number of aliphatic carboxylic acids is 8. The van der Waals surface area contributed by atoms with E-state index in [1.54, 1.807) is 19.6 Å². The van der Waals surface area contributed by atoms with Gasteiger partial charge in [-0.05, 0) is 106 Å². The Morgan fingerprint density at radius 2 is 0.755 bits per heavy atom. The van der Waals surface area contributed by atoms with Crippen LogP contribution in [0.2, 0.25) is 0 Å². The lowest BCUT2D eigenvalue weighted by Crippen LogP contribution is -2.51. The number of fused-ring (bicyclic) bond motifs is 1. The number of unbranched alkanes of at least 4 members (excludes halogenated alkanes) is 2. The number of carboxylic acid groups (broad SMARTS) is 8. The summed E-state index contributed by atoms with van der Waals surface area (Å²) in [5, 5.41) is 108. The lowest BCUT2D eigenvalue weighted by Gasteiger charge is -2.32. The Hall–Kier alpha value is -12.5. The Kier molecular flexibility index (Phi) is 60.0. The topological polar surface area (TPSA) is 725 Å². The zero-order valence-corrected chi connectivity index (χ0v) is 78.0. The average Bonchev–Trinajstić information content (AvgIpc) is 0.828. The number of hydrogen-bond acceptors (Lipinski definition) is 31. The fraction of sp³-hybridized carbons (Fsp3) is 0.659. The molecule has 2 aromatic carbocycles. The molecule has 0 unspecified atom stereocenters. The lowest BCUT2D eigenvalue weighted by atomic mass is 9.81. The molecule has 0 bridgehead atoms. The predicted molar refractivity (Wildman–Crippen MR) is 487 cm³/mol. The van der Waals surface area contributed by atoms with Gasteiger partial charge < -0.3 is 138 Å². The number of nitrogens with one attached hydrogen (secondary N) is 12. The molecule has 1 saturated heterocycles. The molecule has 1 aliphatic heterocycles. The average molecular weight is 1980 g/mol. The number of carbonyl (C=O) groups excluding carboxylic acids is 12. The van der Waals surface area contributed by atoms with Crippen LogP contribution in [-0.2, 0) is 131 Å². The van der Waals surface area contributed by atoms with E-state index >= 15 is 0 Å². The molecule has 2 fully saturated rings. The molecule has 51 heteroatoms. The highest BCUT2D eigenvalue weighted by Crippen LogP contribution is 2.29. The molecule has 2 aliphatic rings. The van der Waals surface area contributed by atoms with E-state index in [1.165, 1.54) is 0 Å². The number of benzene rings is 2. The Morgan fingerprint density at radius 3 is 1.28 bits per heavy atom. The number of rotatable bonds is 72. The van der Waals surface area contributed by atoms with Gasteiger partial charge in [0.05, 0.1) is 98.7 Å². The molecule has 20 N–H and O–H groups in total. The maximum Gasteiger partial charge on any atom is 0.326 e. The van der Waals surface area contributed by atoms with Crippen molar-refractivity contribution in [3.8, 4) is 0 Å². The van der Waals surface area contributed by atoms with Crippen LogP contribution in [-0.4, -0.2) is 420 Å². The van der Waals surface area contributed by atoms with Crippen molar-refractivity contribution in [2.24, 2.45) is 11.8 Å². The van der Waals surface area contributed by atoms with Crippen LogP contribution in [0.25, 0.3) is 10.8 Å². The molecule has 51 nitrogen and oxygen atoms in total. The molecule has 1 heterocycles. The molecule has 4 rings (SSSR count). The number of esters is 1. The monoisotopic (exact) mass is 1980 g/mol. The third-order valence-electron chi connectivity index (χ3n) is 21.6. The van der Waals surface area contributed by atoms with E-state index in [9.17, 15) is 127 Å². The van der Waals surface area contributed by atoms with Crippen LogP contribution < -0.4 is 63.8 Å². The van der Waals surface area contributed by atoms with Gasteiger partial charge in [0.2, 0.25) is 59.1 Å². The van der Waals surface area contributed by atoms with Crippen LogP contribution in [0.4, 0.5) is 4.79 Å². The van der Waals surface area contributed by atoms with Crippen molar-refractivity contribution < 1.29 is 170 Å². The number of nitrogens with zero attached hydrogens (tertiary/aromatic N) is 4. The third kappa shape index (κ3) is 57.5. The van der Waals surface area contributed by atoms with Crippen LogP contribution in [0.15, 0.2) is 42.5 Å². The smallest absolute Gasteiger partial charge is 0.326 e. The highest BCUT2D eigenvalue weighted by molar-refractivity contribution is 5.91. The maximum absolute atomic E-state index is 13.9.